The molecule has 0 radical (unpaired) electrons. The third kappa shape index (κ3) is 3.38. The van der Waals surface area contributed by atoms with Crippen LogP contribution >= 0.6 is 11.6 Å². The van der Waals surface area contributed by atoms with Crippen molar-refractivity contribution in [1.29, 1.82) is 0 Å². The quantitative estimate of drug-likeness (QED) is 0.550. The Hall–Kier alpha value is -0.240. The van der Waals surface area contributed by atoms with Crippen molar-refractivity contribution in [2.75, 3.05) is 7.11 Å². The molecule has 0 saturated heterocycles. The first-order valence-electron chi connectivity index (χ1n) is 6.08. The normalized spacial score (nSPS) is 28.6. The summed E-state index contributed by atoms with van der Waals surface area (Å²) in [6, 6.07) is 0. The lowest BCUT2D eigenvalue weighted by Gasteiger charge is -2.37. The zero-order chi connectivity index (χ0) is 12.3. The Labute approximate surface area is 104 Å². The van der Waals surface area contributed by atoms with Crippen molar-refractivity contribution < 1.29 is 9.53 Å². The van der Waals surface area contributed by atoms with E-state index in [1.165, 1.54) is 20.0 Å². The first kappa shape index (κ1) is 13.8. The molecule has 0 amide bonds. The van der Waals surface area contributed by atoms with Crippen LogP contribution in [0.1, 0.15) is 46.5 Å². The van der Waals surface area contributed by atoms with Crippen molar-refractivity contribution >= 4 is 17.6 Å². The van der Waals surface area contributed by atoms with Gasteiger partial charge in [0.05, 0.1) is 7.11 Å². The number of alkyl halides is 1. The van der Waals surface area contributed by atoms with Gasteiger partial charge in [-0.25, -0.2) is 0 Å². The van der Waals surface area contributed by atoms with Crippen LogP contribution in [0.15, 0.2) is 0 Å². The highest BCUT2D eigenvalue weighted by molar-refractivity contribution is 6.30. The minimum Gasteiger partial charge on any atom is -0.468 e. The van der Waals surface area contributed by atoms with Gasteiger partial charge in [-0.3, -0.25) is 4.79 Å². The Bertz CT molecular complexity index is 237. The van der Waals surface area contributed by atoms with Gasteiger partial charge in [0.25, 0.3) is 0 Å². The highest BCUT2D eigenvalue weighted by atomic mass is 35.5. The number of ether oxygens (including phenoxy) is 1. The van der Waals surface area contributed by atoms with Gasteiger partial charge in [-0.1, -0.05) is 20.8 Å². The zero-order valence-corrected chi connectivity index (χ0v) is 11.5. The van der Waals surface area contributed by atoms with Crippen LogP contribution in [0.3, 0.4) is 0 Å². The van der Waals surface area contributed by atoms with E-state index in [1.807, 2.05) is 0 Å². The molecular weight excluding hydrogens is 224 g/mol. The topological polar surface area (TPSA) is 26.3 Å². The highest BCUT2D eigenvalue weighted by Crippen LogP contribution is 2.41. The van der Waals surface area contributed by atoms with Crippen molar-refractivity contribution in [3.63, 3.8) is 0 Å². The van der Waals surface area contributed by atoms with Crippen LogP contribution in [0.2, 0.25) is 0 Å². The Balaban J connectivity index is 2.46. The molecule has 0 aliphatic heterocycles. The van der Waals surface area contributed by atoms with Crippen molar-refractivity contribution in [2.45, 2.75) is 51.8 Å². The van der Waals surface area contributed by atoms with Gasteiger partial charge in [0.15, 0.2) is 0 Å². The second-order valence-corrected chi connectivity index (χ2v) is 6.37. The van der Waals surface area contributed by atoms with E-state index in [0.717, 1.165) is 18.8 Å². The Morgan fingerprint density at radius 2 is 1.75 bits per heavy atom. The number of methoxy groups -OCH3 is 1. The van der Waals surface area contributed by atoms with E-state index in [2.05, 4.69) is 25.5 Å². The van der Waals surface area contributed by atoms with Crippen LogP contribution < -0.4 is 0 Å². The van der Waals surface area contributed by atoms with Gasteiger partial charge in [-0.2, -0.15) is 0 Å². The van der Waals surface area contributed by atoms with Crippen LogP contribution in [-0.2, 0) is 9.53 Å². The average molecular weight is 247 g/mol. The van der Waals surface area contributed by atoms with Gasteiger partial charge in [-0.05, 0) is 42.9 Å². The third-order valence-electron chi connectivity index (χ3n) is 3.84. The van der Waals surface area contributed by atoms with Crippen molar-refractivity contribution in [3.8, 4) is 0 Å². The van der Waals surface area contributed by atoms with E-state index in [-0.39, 0.29) is 5.97 Å². The number of esters is 1. The predicted octanol–water partition coefficient (Wildman–Crippen LogP) is 3.62. The van der Waals surface area contributed by atoms with E-state index in [9.17, 15) is 4.79 Å². The second kappa shape index (κ2) is 5.39. The molecule has 0 N–H and O–H groups in total. The molecule has 0 aromatic rings. The van der Waals surface area contributed by atoms with E-state index in [1.54, 1.807) is 0 Å². The Kier molecular flexibility index (Phi) is 4.66. The van der Waals surface area contributed by atoms with Gasteiger partial charge in [-0.15, -0.1) is 11.6 Å². The molecule has 3 heteroatoms. The van der Waals surface area contributed by atoms with E-state index in [4.69, 9.17) is 11.6 Å². The first-order valence-corrected chi connectivity index (χ1v) is 6.51. The summed E-state index contributed by atoms with van der Waals surface area (Å²) in [7, 11) is 1.40. The molecule has 0 aromatic carbocycles. The summed E-state index contributed by atoms with van der Waals surface area (Å²) < 4.78 is 4.69. The zero-order valence-electron chi connectivity index (χ0n) is 10.8. The third-order valence-corrected chi connectivity index (χ3v) is 4.37. The van der Waals surface area contributed by atoms with Gasteiger partial charge in [0.2, 0.25) is 0 Å². The SMILES string of the molecule is COC(=O)C(Cl)C1CCC(C(C)(C)C)CC1. The smallest absolute Gasteiger partial charge is 0.324 e. The maximum absolute atomic E-state index is 11.3. The lowest BCUT2D eigenvalue weighted by Crippen LogP contribution is -2.32. The first-order chi connectivity index (χ1) is 7.36. The van der Waals surface area contributed by atoms with Gasteiger partial charge < -0.3 is 4.74 Å². The molecule has 2 nitrogen and oxygen atoms in total. The van der Waals surface area contributed by atoms with Crippen molar-refractivity contribution in [3.05, 3.63) is 0 Å². The monoisotopic (exact) mass is 246 g/mol. The van der Waals surface area contributed by atoms with Crippen LogP contribution in [0.25, 0.3) is 0 Å². The maximum atomic E-state index is 11.3. The molecule has 16 heavy (non-hydrogen) atoms. The van der Waals surface area contributed by atoms with Gasteiger partial charge >= 0.3 is 5.97 Å². The molecule has 0 bridgehead atoms. The number of carbonyl (C=O) groups is 1. The Morgan fingerprint density at radius 3 is 2.12 bits per heavy atom. The lowest BCUT2D eigenvalue weighted by atomic mass is 9.69. The molecule has 1 saturated carbocycles. The summed E-state index contributed by atoms with van der Waals surface area (Å²) >= 11 is 6.10. The maximum Gasteiger partial charge on any atom is 0.324 e. The Morgan fingerprint density at radius 1 is 1.25 bits per heavy atom. The molecule has 1 aliphatic rings. The summed E-state index contributed by atoms with van der Waals surface area (Å²) in [6.45, 7) is 6.86. The molecule has 0 spiro atoms. The molecule has 0 aromatic heterocycles. The molecule has 94 valence electrons. The fourth-order valence-corrected chi connectivity index (χ4v) is 2.92. The van der Waals surface area contributed by atoms with Crippen LogP contribution in [0.5, 0.6) is 0 Å². The predicted molar refractivity (Wildman–Crippen MR) is 66.6 cm³/mol. The van der Waals surface area contributed by atoms with E-state index in [0.29, 0.717) is 11.3 Å². The minimum atomic E-state index is -0.453. The fourth-order valence-electron chi connectivity index (χ4n) is 2.58. The van der Waals surface area contributed by atoms with Gasteiger partial charge in [0.1, 0.15) is 5.38 Å². The fraction of sp³-hybridized carbons (Fsp3) is 0.923. The highest BCUT2D eigenvalue weighted by Gasteiger charge is 2.34. The van der Waals surface area contributed by atoms with Crippen LogP contribution in [-0.4, -0.2) is 18.5 Å². The van der Waals surface area contributed by atoms with E-state index < -0.39 is 5.38 Å². The lowest BCUT2D eigenvalue weighted by molar-refractivity contribution is -0.141. The molecular formula is C13H23ClO2. The summed E-state index contributed by atoms with van der Waals surface area (Å²) in [5, 5.41) is -0.453. The van der Waals surface area contributed by atoms with E-state index >= 15 is 0 Å². The summed E-state index contributed by atoms with van der Waals surface area (Å²) in [4.78, 5) is 11.3. The number of hydrogen-bond donors (Lipinski definition) is 0. The molecule has 1 atom stereocenters. The van der Waals surface area contributed by atoms with Crippen LogP contribution in [0, 0.1) is 17.3 Å². The number of carbonyl (C=O) groups excluding carboxylic acids is 1. The van der Waals surface area contributed by atoms with Crippen molar-refractivity contribution in [1.82, 2.24) is 0 Å². The standard InChI is InChI=1S/C13H23ClO2/c1-13(2,3)10-7-5-9(6-8-10)11(14)12(15)16-4/h9-11H,5-8H2,1-4H3. The van der Waals surface area contributed by atoms with Crippen molar-refractivity contribution in [2.24, 2.45) is 17.3 Å². The number of rotatable bonds is 2. The van der Waals surface area contributed by atoms with Crippen LogP contribution in [0.4, 0.5) is 0 Å². The van der Waals surface area contributed by atoms with Gasteiger partial charge in [0, 0.05) is 0 Å². The summed E-state index contributed by atoms with van der Waals surface area (Å²) in [6.07, 6.45) is 4.44. The summed E-state index contributed by atoms with van der Waals surface area (Å²) in [5.41, 5.74) is 0.373. The molecule has 1 aliphatic carbocycles. The minimum absolute atomic E-state index is 0.277. The summed E-state index contributed by atoms with van der Waals surface area (Å²) in [5.74, 6) is 0.777. The average Bonchev–Trinajstić information content (AvgIpc) is 2.26. The second-order valence-electron chi connectivity index (χ2n) is 5.90. The molecule has 1 unspecified atom stereocenters. The molecule has 1 rings (SSSR count). The number of halogens is 1. The molecule has 1 fully saturated rings. The molecule has 0 heterocycles. The number of hydrogen-bond acceptors (Lipinski definition) is 2. The largest absolute Gasteiger partial charge is 0.468 e.